The number of hydrogen-bond acceptors (Lipinski definition) is 5. The number of ether oxygens (including phenoxy) is 1. The van der Waals surface area contributed by atoms with Gasteiger partial charge in [-0.15, -0.1) is 0 Å². The quantitative estimate of drug-likeness (QED) is 0.569. The highest BCUT2D eigenvalue weighted by Gasteiger charge is 2.36. The third-order valence-corrected chi connectivity index (χ3v) is 5.79. The van der Waals surface area contributed by atoms with E-state index in [9.17, 15) is 14.4 Å². The molecule has 1 fully saturated rings. The molecule has 0 unspecified atom stereocenters. The maximum atomic E-state index is 12.8. The summed E-state index contributed by atoms with van der Waals surface area (Å²) in [6.07, 6.45) is 1.61. The number of thioether (sulfide) groups is 1. The maximum Gasteiger partial charge on any atom is 0.294 e. The first-order valence-corrected chi connectivity index (χ1v) is 10.9. The number of benzene rings is 2. The molecule has 2 aromatic rings. The molecular formula is C22H21BrN2O4S. The number of imide groups is 1. The molecule has 1 aliphatic heterocycles. The number of carbonyl (C=O) groups is 3. The second kappa shape index (κ2) is 9.49. The Morgan fingerprint density at radius 1 is 1.20 bits per heavy atom. The summed E-state index contributed by atoms with van der Waals surface area (Å²) in [5, 5.41) is 2.29. The third-order valence-electron chi connectivity index (χ3n) is 4.39. The Hall–Kier alpha value is -2.58. The van der Waals surface area contributed by atoms with Crippen molar-refractivity contribution < 1.29 is 19.1 Å². The van der Waals surface area contributed by atoms with Crippen LogP contribution >= 0.6 is 27.7 Å². The van der Waals surface area contributed by atoms with Gasteiger partial charge in [0.05, 0.1) is 11.5 Å². The molecule has 0 aromatic heterocycles. The largest absolute Gasteiger partial charge is 0.493 e. The van der Waals surface area contributed by atoms with Crippen LogP contribution in [0.25, 0.3) is 6.08 Å². The third kappa shape index (κ3) is 5.12. The van der Waals surface area contributed by atoms with Crippen molar-refractivity contribution in [2.24, 2.45) is 0 Å². The summed E-state index contributed by atoms with van der Waals surface area (Å²) < 4.78 is 6.42. The van der Waals surface area contributed by atoms with E-state index in [-0.39, 0.29) is 11.4 Å². The van der Waals surface area contributed by atoms with E-state index in [1.807, 2.05) is 45.0 Å². The van der Waals surface area contributed by atoms with Crippen molar-refractivity contribution >= 4 is 56.5 Å². The van der Waals surface area contributed by atoms with E-state index < -0.39 is 17.1 Å². The molecule has 6 nitrogen and oxygen atoms in total. The molecule has 1 heterocycles. The van der Waals surface area contributed by atoms with Crippen LogP contribution in [0.1, 0.15) is 23.6 Å². The minimum Gasteiger partial charge on any atom is -0.493 e. The van der Waals surface area contributed by atoms with Gasteiger partial charge in [-0.1, -0.05) is 33.6 Å². The van der Waals surface area contributed by atoms with Gasteiger partial charge in [0.15, 0.2) is 0 Å². The Labute approximate surface area is 187 Å². The van der Waals surface area contributed by atoms with E-state index in [0.717, 1.165) is 32.3 Å². The first-order valence-electron chi connectivity index (χ1n) is 9.33. The van der Waals surface area contributed by atoms with Crippen molar-refractivity contribution in [2.75, 3.05) is 18.5 Å². The molecule has 1 aliphatic rings. The predicted molar refractivity (Wildman–Crippen MR) is 123 cm³/mol. The minimum absolute atomic E-state index is 0.248. The standard InChI is InChI=1S/C22H21BrN2O4S/c1-4-29-18-8-6-16(23)10-15(18)11-19-21(27)25(22(28)30-19)12-20(26)24-17-7-5-13(2)9-14(17)3/h5-11H,4,12H2,1-3H3,(H,24,26)/b19-11+. The number of nitrogens with zero attached hydrogens (tertiary/aromatic N) is 1. The topological polar surface area (TPSA) is 75.7 Å². The summed E-state index contributed by atoms with van der Waals surface area (Å²) in [4.78, 5) is 38.8. The lowest BCUT2D eigenvalue weighted by atomic mass is 10.1. The average molecular weight is 489 g/mol. The fourth-order valence-electron chi connectivity index (χ4n) is 2.98. The molecule has 0 atom stereocenters. The molecule has 1 N–H and O–H groups in total. The Morgan fingerprint density at radius 2 is 1.97 bits per heavy atom. The number of amides is 3. The van der Waals surface area contributed by atoms with Crippen LogP contribution in [0.3, 0.4) is 0 Å². The van der Waals surface area contributed by atoms with Crippen molar-refractivity contribution in [3.8, 4) is 5.75 Å². The van der Waals surface area contributed by atoms with Crippen molar-refractivity contribution in [1.82, 2.24) is 4.90 Å². The van der Waals surface area contributed by atoms with Crippen LogP contribution < -0.4 is 10.1 Å². The zero-order valence-electron chi connectivity index (χ0n) is 16.8. The van der Waals surface area contributed by atoms with Gasteiger partial charge in [0, 0.05) is 15.7 Å². The summed E-state index contributed by atoms with van der Waals surface area (Å²) in [6.45, 7) is 5.86. The molecule has 3 rings (SSSR count). The fourth-order valence-corrected chi connectivity index (χ4v) is 4.19. The number of anilines is 1. The Bertz CT molecular complexity index is 1050. The molecule has 2 aromatic carbocycles. The van der Waals surface area contributed by atoms with Crippen LogP contribution in [0.5, 0.6) is 5.75 Å². The maximum absolute atomic E-state index is 12.8. The summed E-state index contributed by atoms with van der Waals surface area (Å²) in [5.74, 6) is -0.314. The fraction of sp³-hybridized carbons (Fsp3) is 0.227. The normalized spacial score (nSPS) is 15.1. The lowest BCUT2D eigenvalue weighted by molar-refractivity contribution is -0.127. The zero-order chi connectivity index (χ0) is 21.8. The number of nitrogens with one attached hydrogen (secondary N) is 1. The number of carbonyl (C=O) groups excluding carboxylic acids is 3. The van der Waals surface area contributed by atoms with Crippen molar-refractivity contribution in [3.05, 3.63) is 62.5 Å². The van der Waals surface area contributed by atoms with Crippen molar-refractivity contribution in [3.63, 3.8) is 0 Å². The Kier molecular flexibility index (Phi) is 6.99. The van der Waals surface area contributed by atoms with Crippen LogP contribution in [0.15, 0.2) is 45.8 Å². The number of aryl methyl sites for hydroxylation is 2. The smallest absolute Gasteiger partial charge is 0.294 e. The molecule has 0 saturated carbocycles. The van der Waals surface area contributed by atoms with E-state index >= 15 is 0 Å². The molecule has 0 bridgehead atoms. The summed E-state index contributed by atoms with van der Waals surface area (Å²) >= 11 is 4.21. The first kappa shape index (κ1) is 22.1. The van der Waals surface area contributed by atoms with Gasteiger partial charge in [0.2, 0.25) is 5.91 Å². The van der Waals surface area contributed by atoms with E-state index in [2.05, 4.69) is 21.2 Å². The lowest BCUT2D eigenvalue weighted by Gasteiger charge is -2.14. The van der Waals surface area contributed by atoms with Crippen LogP contribution in [0, 0.1) is 13.8 Å². The molecule has 0 aliphatic carbocycles. The van der Waals surface area contributed by atoms with Crippen LogP contribution in [-0.4, -0.2) is 35.1 Å². The Balaban J connectivity index is 1.75. The predicted octanol–water partition coefficient (Wildman–Crippen LogP) is 5.14. The molecule has 3 amide bonds. The van der Waals surface area contributed by atoms with Gasteiger partial charge in [0.1, 0.15) is 12.3 Å². The highest BCUT2D eigenvalue weighted by molar-refractivity contribution is 9.10. The summed E-state index contributed by atoms with van der Waals surface area (Å²) in [7, 11) is 0. The van der Waals surface area contributed by atoms with Crippen molar-refractivity contribution in [1.29, 1.82) is 0 Å². The molecule has 30 heavy (non-hydrogen) atoms. The minimum atomic E-state index is -0.497. The van der Waals surface area contributed by atoms with Crippen LogP contribution in [-0.2, 0) is 9.59 Å². The monoisotopic (exact) mass is 488 g/mol. The van der Waals surface area contributed by atoms with Crippen LogP contribution in [0.4, 0.5) is 10.5 Å². The van der Waals surface area contributed by atoms with Gasteiger partial charge < -0.3 is 10.1 Å². The van der Waals surface area contributed by atoms with Crippen molar-refractivity contribution in [2.45, 2.75) is 20.8 Å². The second-order valence-corrected chi connectivity index (χ2v) is 8.66. The van der Waals surface area contributed by atoms with E-state index in [1.54, 1.807) is 18.2 Å². The summed E-state index contributed by atoms with van der Waals surface area (Å²) in [6, 6.07) is 11.1. The molecule has 0 radical (unpaired) electrons. The van der Waals surface area contributed by atoms with Gasteiger partial charge in [-0.25, -0.2) is 0 Å². The highest BCUT2D eigenvalue weighted by atomic mass is 79.9. The number of hydrogen-bond donors (Lipinski definition) is 1. The molecule has 8 heteroatoms. The second-order valence-electron chi connectivity index (χ2n) is 6.75. The Morgan fingerprint density at radius 3 is 2.67 bits per heavy atom. The molecule has 1 saturated heterocycles. The van der Waals surface area contributed by atoms with E-state index in [0.29, 0.717) is 23.6 Å². The average Bonchev–Trinajstić information content (AvgIpc) is 2.94. The molecular weight excluding hydrogens is 468 g/mol. The van der Waals surface area contributed by atoms with Gasteiger partial charge in [-0.2, -0.15) is 0 Å². The molecule has 0 spiro atoms. The molecule has 156 valence electrons. The summed E-state index contributed by atoms with van der Waals surface area (Å²) in [5.41, 5.74) is 3.33. The van der Waals surface area contributed by atoms with Gasteiger partial charge in [-0.05, 0) is 68.4 Å². The first-order chi connectivity index (χ1) is 14.3. The van der Waals surface area contributed by atoms with Crippen LogP contribution in [0.2, 0.25) is 0 Å². The highest BCUT2D eigenvalue weighted by Crippen LogP contribution is 2.34. The number of rotatable bonds is 6. The van der Waals surface area contributed by atoms with E-state index in [4.69, 9.17) is 4.74 Å². The zero-order valence-corrected chi connectivity index (χ0v) is 19.2. The van der Waals surface area contributed by atoms with Gasteiger partial charge >= 0.3 is 0 Å². The lowest BCUT2D eigenvalue weighted by Crippen LogP contribution is -2.36. The number of halogens is 1. The van der Waals surface area contributed by atoms with Gasteiger partial charge in [-0.3, -0.25) is 19.3 Å². The van der Waals surface area contributed by atoms with Gasteiger partial charge in [0.25, 0.3) is 11.1 Å². The van der Waals surface area contributed by atoms with E-state index in [1.165, 1.54) is 0 Å². The SMILES string of the molecule is CCOc1ccc(Br)cc1/C=C1/SC(=O)N(CC(=O)Nc2ccc(C)cc2C)C1=O.